The lowest BCUT2D eigenvalue weighted by atomic mass is 10.0. The molecule has 2 heterocycles. The first-order chi connectivity index (χ1) is 14.7. The number of hydrogen-bond acceptors (Lipinski definition) is 6. The van der Waals surface area contributed by atoms with Gasteiger partial charge in [-0.2, -0.15) is 0 Å². The van der Waals surface area contributed by atoms with Crippen LogP contribution in [0.3, 0.4) is 0 Å². The van der Waals surface area contributed by atoms with Crippen molar-refractivity contribution in [1.29, 1.82) is 0 Å². The van der Waals surface area contributed by atoms with Crippen LogP contribution in [0.1, 0.15) is 41.9 Å². The fourth-order valence-corrected chi connectivity index (χ4v) is 3.56. The number of aryl methyl sites for hydroxylation is 1. The molecule has 0 saturated carbocycles. The zero-order valence-corrected chi connectivity index (χ0v) is 17.3. The first-order valence-corrected chi connectivity index (χ1v) is 10.2. The van der Waals surface area contributed by atoms with E-state index in [1.165, 1.54) is 0 Å². The number of ketones is 1. The number of carbonyl (C=O) groups is 1. The van der Waals surface area contributed by atoms with Crippen LogP contribution in [0.15, 0.2) is 48.5 Å². The minimum atomic E-state index is 0.204. The van der Waals surface area contributed by atoms with Crippen molar-refractivity contribution in [3.63, 3.8) is 0 Å². The van der Waals surface area contributed by atoms with E-state index in [4.69, 9.17) is 9.72 Å². The monoisotopic (exact) mass is 403 g/mol. The molecule has 0 unspecified atom stereocenters. The second-order valence-electron chi connectivity index (χ2n) is 7.25. The van der Waals surface area contributed by atoms with Crippen molar-refractivity contribution in [1.82, 2.24) is 19.6 Å². The number of hydrogen-bond donors (Lipinski definition) is 1. The molecule has 7 nitrogen and oxygen atoms in total. The Kier molecular flexibility index (Phi) is 5.88. The summed E-state index contributed by atoms with van der Waals surface area (Å²) in [4.78, 5) is 16.9. The molecule has 0 fully saturated rings. The highest BCUT2D eigenvalue weighted by atomic mass is 16.5. The van der Waals surface area contributed by atoms with Gasteiger partial charge in [-0.25, -0.2) is 4.98 Å². The Morgan fingerprint density at radius 1 is 1.07 bits per heavy atom. The van der Waals surface area contributed by atoms with Crippen molar-refractivity contribution >= 4 is 28.3 Å². The molecular formula is C23H25N5O2. The minimum absolute atomic E-state index is 0.204. The highest BCUT2D eigenvalue weighted by Gasteiger charge is 2.13. The number of rotatable bonds is 9. The van der Waals surface area contributed by atoms with Crippen LogP contribution in [0, 0.1) is 6.92 Å². The van der Waals surface area contributed by atoms with Crippen LogP contribution < -0.4 is 10.1 Å². The lowest BCUT2D eigenvalue weighted by Crippen LogP contribution is -2.07. The third-order valence-corrected chi connectivity index (χ3v) is 5.16. The zero-order chi connectivity index (χ0) is 20.9. The summed E-state index contributed by atoms with van der Waals surface area (Å²) in [6, 6.07) is 15.2. The molecule has 154 valence electrons. The van der Waals surface area contributed by atoms with Gasteiger partial charge in [0.2, 0.25) is 5.65 Å². The van der Waals surface area contributed by atoms with Gasteiger partial charge in [0.15, 0.2) is 11.6 Å². The number of fused-ring (bicyclic) bond motifs is 3. The Labute approximate surface area is 175 Å². The van der Waals surface area contributed by atoms with Gasteiger partial charge in [-0.3, -0.25) is 9.20 Å². The molecule has 4 rings (SSSR count). The summed E-state index contributed by atoms with van der Waals surface area (Å²) in [5, 5.41) is 11.9. The van der Waals surface area contributed by atoms with Gasteiger partial charge in [0, 0.05) is 24.6 Å². The van der Waals surface area contributed by atoms with Crippen molar-refractivity contribution in [2.75, 3.05) is 19.0 Å². The van der Waals surface area contributed by atoms with Crippen LogP contribution in [-0.2, 0) is 0 Å². The fraction of sp³-hybridized carbons (Fsp3) is 0.304. The number of nitrogens with one attached hydrogen (secondary N) is 1. The second kappa shape index (κ2) is 8.90. The maximum absolute atomic E-state index is 12.2. The average molecular weight is 403 g/mol. The van der Waals surface area contributed by atoms with Crippen molar-refractivity contribution in [2.45, 2.75) is 32.6 Å². The van der Waals surface area contributed by atoms with Crippen molar-refractivity contribution in [3.05, 3.63) is 59.9 Å². The molecule has 2 aromatic heterocycles. The number of nitrogens with zero attached hydrogens (tertiary/aromatic N) is 4. The molecule has 7 heteroatoms. The standard InChI is InChI=1S/C23H25N5O2/c1-16-26-27-23-22(25-19-13-12-18(30-2)15-20(19)28(16)23)24-14-8-4-7-11-21(29)17-9-5-3-6-10-17/h3,5-6,9-10,12-13,15H,4,7-8,11,14H2,1-2H3,(H,24,25). The fourth-order valence-electron chi connectivity index (χ4n) is 3.56. The van der Waals surface area contributed by atoms with E-state index < -0.39 is 0 Å². The van der Waals surface area contributed by atoms with Crippen LogP contribution in [-0.4, -0.2) is 39.0 Å². The number of aromatic nitrogens is 4. The quantitative estimate of drug-likeness (QED) is 0.328. The highest BCUT2D eigenvalue weighted by molar-refractivity contribution is 5.95. The van der Waals surface area contributed by atoms with E-state index in [2.05, 4.69) is 15.5 Å². The molecule has 0 bridgehead atoms. The van der Waals surface area contributed by atoms with E-state index >= 15 is 0 Å². The molecular weight excluding hydrogens is 378 g/mol. The van der Waals surface area contributed by atoms with Gasteiger partial charge in [0.1, 0.15) is 11.6 Å². The van der Waals surface area contributed by atoms with Crippen molar-refractivity contribution in [3.8, 4) is 5.75 Å². The number of Topliss-reactive ketones (excluding diaryl/α,β-unsaturated/α-hetero) is 1. The molecule has 2 aromatic carbocycles. The predicted molar refractivity (Wildman–Crippen MR) is 117 cm³/mol. The Morgan fingerprint density at radius 3 is 2.70 bits per heavy atom. The van der Waals surface area contributed by atoms with Crippen LogP contribution in [0.4, 0.5) is 5.82 Å². The predicted octanol–water partition coefficient (Wildman–Crippen LogP) is 4.45. The van der Waals surface area contributed by atoms with Crippen LogP contribution in [0.2, 0.25) is 0 Å². The Hall–Kier alpha value is -3.48. The lowest BCUT2D eigenvalue weighted by Gasteiger charge is -2.10. The van der Waals surface area contributed by atoms with Crippen molar-refractivity contribution < 1.29 is 9.53 Å². The van der Waals surface area contributed by atoms with E-state index in [-0.39, 0.29) is 5.78 Å². The van der Waals surface area contributed by atoms with Crippen LogP contribution in [0.5, 0.6) is 5.75 Å². The summed E-state index contributed by atoms with van der Waals surface area (Å²) in [5.74, 6) is 2.49. The zero-order valence-electron chi connectivity index (χ0n) is 17.3. The summed E-state index contributed by atoms with van der Waals surface area (Å²) in [6.45, 7) is 2.68. The molecule has 4 aromatic rings. The maximum Gasteiger partial charge on any atom is 0.204 e. The van der Waals surface area contributed by atoms with Gasteiger partial charge in [0.05, 0.1) is 18.1 Å². The van der Waals surface area contributed by atoms with Gasteiger partial charge in [-0.15, -0.1) is 10.2 Å². The highest BCUT2D eigenvalue weighted by Crippen LogP contribution is 2.25. The number of methoxy groups -OCH3 is 1. The van der Waals surface area contributed by atoms with E-state index in [9.17, 15) is 4.79 Å². The molecule has 0 saturated heterocycles. The number of anilines is 1. The van der Waals surface area contributed by atoms with Gasteiger partial charge in [0.25, 0.3) is 0 Å². The molecule has 0 atom stereocenters. The SMILES string of the molecule is COc1ccc2nc(NCCCCCC(=O)c3ccccc3)c3nnc(C)n3c2c1. The number of ether oxygens (including phenoxy) is 1. The molecule has 0 radical (unpaired) electrons. The molecule has 1 N–H and O–H groups in total. The van der Waals surface area contributed by atoms with Gasteiger partial charge in [-0.1, -0.05) is 36.8 Å². The van der Waals surface area contributed by atoms with Crippen molar-refractivity contribution in [2.24, 2.45) is 0 Å². The van der Waals surface area contributed by atoms with Gasteiger partial charge in [-0.05, 0) is 31.9 Å². The molecule has 0 amide bonds. The summed E-state index contributed by atoms with van der Waals surface area (Å²) in [6.07, 6.45) is 3.37. The molecule has 0 spiro atoms. The number of benzene rings is 2. The van der Waals surface area contributed by atoms with E-state index in [1.807, 2.05) is 59.9 Å². The molecule has 0 aliphatic rings. The second-order valence-corrected chi connectivity index (χ2v) is 7.25. The Morgan fingerprint density at radius 2 is 1.90 bits per heavy atom. The third kappa shape index (κ3) is 4.10. The molecule has 0 aliphatic carbocycles. The summed E-state index contributed by atoms with van der Waals surface area (Å²) in [7, 11) is 1.65. The van der Waals surface area contributed by atoms with Crippen LogP contribution in [0.25, 0.3) is 16.7 Å². The third-order valence-electron chi connectivity index (χ3n) is 5.16. The van der Waals surface area contributed by atoms with Gasteiger partial charge < -0.3 is 10.1 Å². The largest absolute Gasteiger partial charge is 0.497 e. The van der Waals surface area contributed by atoms with Gasteiger partial charge >= 0.3 is 0 Å². The van der Waals surface area contributed by atoms with E-state index in [0.29, 0.717) is 17.9 Å². The van der Waals surface area contributed by atoms with E-state index in [1.54, 1.807) is 7.11 Å². The topological polar surface area (TPSA) is 81.4 Å². The first kappa shape index (κ1) is 19.8. The van der Waals surface area contributed by atoms with Crippen LogP contribution >= 0.6 is 0 Å². The molecule has 30 heavy (non-hydrogen) atoms. The molecule has 0 aliphatic heterocycles. The summed E-state index contributed by atoms with van der Waals surface area (Å²) in [5.41, 5.74) is 3.25. The Bertz CT molecular complexity index is 1170. The normalized spacial score (nSPS) is 11.1. The number of carbonyl (C=O) groups excluding carboxylic acids is 1. The maximum atomic E-state index is 12.2. The summed E-state index contributed by atoms with van der Waals surface area (Å²) < 4.78 is 7.34. The van der Waals surface area contributed by atoms with E-state index in [0.717, 1.165) is 54.0 Å². The summed E-state index contributed by atoms with van der Waals surface area (Å²) >= 11 is 0. The number of unbranched alkanes of at least 4 members (excludes halogenated alkanes) is 2. The minimum Gasteiger partial charge on any atom is -0.497 e. The first-order valence-electron chi connectivity index (χ1n) is 10.2. The smallest absolute Gasteiger partial charge is 0.204 e. The average Bonchev–Trinajstić information content (AvgIpc) is 3.18. The Balaban J connectivity index is 1.38. The lowest BCUT2D eigenvalue weighted by molar-refractivity contribution is 0.0979.